The van der Waals surface area contributed by atoms with Crippen LogP contribution >= 0.6 is 11.8 Å². The van der Waals surface area contributed by atoms with Gasteiger partial charge in [-0.25, -0.2) is 4.39 Å². The molecule has 0 radical (unpaired) electrons. The lowest BCUT2D eigenvalue weighted by Crippen LogP contribution is -2.43. The smallest absolute Gasteiger partial charge is 0.224 e. The van der Waals surface area contributed by atoms with E-state index >= 15 is 0 Å². The topological polar surface area (TPSA) is 32.3 Å². The molecular formula is C23H29FN2OS. The first kappa shape index (κ1) is 20.9. The Labute approximate surface area is 171 Å². The van der Waals surface area contributed by atoms with Gasteiger partial charge in [-0.3, -0.25) is 9.69 Å². The van der Waals surface area contributed by atoms with Crippen molar-refractivity contribution in [1.29, 1.82) is 0 Å². The number of halogens is 1. The van der Waals surface area contributed by atoms with E-state index in [0.717, 1.165) is 49.5 Å². The van der Waals surface area contributed by atoms with E-state index in [4.69, 9.17) is 0 Å². The van der Waals surface area contributed by atoms with Gasteiger partial charge in [0, 0.05) is 31.1 Å². The van der Waals surface area contributed by atoms with Crippen LogP contribution in [0.4, 0.5) is 4.39 Å². The second-order valence-electron chi connectivity index (χ2n) is 7.53. The van der Waals surface area contributed by atoms with Crippen molar-refractivity contribution < 1.29 is 9.18 Å². The molecule has 0 spiro atoms. The van der Waals surface area contributed by atoms with Gasteiger partial charge in [-0.05, 0) is 49.6 Å². The predicted molar refractivity (Wildman–Crippen MR) is 115 cm³/mol. The number of carbonyl (C=O) groups is 1. The van der Waals surface area contributed by atoms with Gasteiger partial charge in [-0.2, -0.15) is 11.8 Å². The molecule has 28 heavy (non-hydrogen) atoms. The summed E-state index contributed by atoms with van der Waals surface area (Å²) < 4.78 is 13.1. The van der Waals surface area contributed by atoms with E-state index in [1.165, 1.54) is 23.3 Å². The molecule has 0 saturated carbocycles. The molecule has 0 bridgehead atoms. The Bertz CT molecular complexity index is 765. The van der Waals surface area contributed by atoms with Crippen molar-refractivity contribution in [3.63, 3.8) is 0 Å². The van der Waals surface area contributed by atoms with Crippen molar-refractivity contribution in [1.82, 2.24) is 10.2 Å². The number of carbonyl (C=O) groups excluding carboxylic acids is 1. The fourth-order valence-electron chi connectivity index (χ4n) is 3.64. The molecular weight excluding hydrogens is 371 g/mol. The molecule has 0 aliphatic carbocycles. The molecule has 0 unspecified atom stereocenters. The van der Waals surface area contributed by atoms with Crippen molar-refractivity contribution in [3.05, 3.63) is 71.0 Å². The normalized spacial score (nSPS) is 17.4. The molecule has 1 amide bonds. The van der Waals surface area contributed by atoms with Gasteiger partial charge in [-0.1, -0.05) is 42.0 Å². The number of hydrogen-bond acceptors (Lipinski definition) is 3. The molecule has 3 nitrogen and oxygen atoms in total. The van der Waals surface area contributed by atoms with Gasteiger partial charge in [0.05, 0.1) is 5.92 Å². The summed E-state index contributed by atoms with van der Waals surface area (Å²) in [6.45, 7) is 5.37. The van der Waals surface area contributed by atoms with Crippen LogP contribution in [0.1, 0.15) is 29.5 Å². The average molecular weight is 401 g/mol. The standard InChI is InChI=1S/C23H29FN2OS/c1-18-4-2-5-20(14-18)17-28-13-11-25-23(27)21-6-3-12-26(16-21)15-19-7-9-22(24)10-8-19/h2,4-5,7-10,14,21H,3,6,11-13,15-17H2,1H3,(H,25,27)/t21-/m0/s1. The average Bonchev–Trinajstić information content (AvgIpc) is 2.70. The third-order valence-corrected chi connectivity index (χ3v) is 6.12. The lowest BCUT2D eigenvalue weighted by atomic mass is 9.96. The second-order valence-corrected chi connectivity index (χ2v) is 8.64. The molecule has 1 N–H and O–H groups in total. The molecule has 5 heteroatoms. The van der Waals surface area contributed by atoms with E-state index in [0.29, 0.717) is 6.54 Å². The summed E-state index contributed by atoms with van der Waals surface area (Å²) in [5.41, 5.74) is 3.71. The van der Waals surface area contributed by atoms with Gasteiger partial charge in [0.2, 0.25) is 5.91 Å². The van der Waals surface area contributed by atoms with Crippen LogP contribution in [0.15, 0.2) is 48.5 Å². The third-order valence-electron chi connectivity index (χ3n) is 5.09. The van der Waals surface area contributed by atoms with Crippen LogP contribution in [0.2, 0.25) is 0 Å². The minimum atomic E-state index is -0.208. The van der Waals surface area contributed by atoms with Gasteiger partial charge < -0.3 is 5.32 Å². The first-order valence-electron chi connectivity index (χ1n) is 9.98. The number of benzene rings is 2. The fourth-order valence-corrected chi connectivity index (χ4v) is 4.45. The Kier molecular flexibility index (Phi) is 7.92. The van der Waals surface area contributed by atoms with Gasteiger partial charge in [0.15, 0.2) is 0 Å². The van der Waals surface area contributed by atoms with E-state index in [1.54, 1.807) is 0 Å². The zero-order valence-electron chi connectivity index (χ0n) is 16.5. The largest absolute Gasteiger partial charge is 0.355 e. The molecule has 2 aromatic rings. The summed E-state index contributed by atoms with van der Waals surface area (Å²) in [7, 11) is 0. The van der Waals surface area contributed by atoms with E-state index in [2.05, 4.69) is 41.4 Å². The number of nitrogens with one attached hydrogen (secondary N) is 1. The summed E-state index contributed by atoms with van der Waals surface area (Å²) in [4.78, 5) is 14.8. The van der Waals surface area contributed by atoms with Crippen LogP contribution in [0, 0.1) is 18.7 Å². The number of thioether (sulfide) groups is 1. The van der Waals surface area contributed by atoms with Crippen LogP contribution in [-0.4, -0.2) is 36.2 Å². The minimum absolute atomic E-state index is 0.0518. The highest BCUT2D eigenvalue weighted by molar-refractivity contribution is 7.98. The third kappa shape index (κ3) is 6.64. The highest BCUT2D eigenvalue weighted by Crippen LogP contribution is 2.19. The fraction of sp³-hybridized carbons (Fsp3) is 0.435. The van der Waals surface area contributed by atoms with E-state index in [1.807, 2.05) is 23.9 Å². The molecule has 0 aromatic heterocycles. The molecule has 1 fully saturated rings. The van der Waals surface area contributed by atoms with Crippen molar-refractivity contribution in [3.8, 4) is 0 Å². The molecule has 1 heterocycles. The van der Waals surface area contributed by atoms with Crippen LogP contribution in [0.3, 0.4) is 0 Å². The van der Waals surface area contributed by atoms with E-state index in [9.17, 15) is 9.18 Å². The number of piperidine rings is 1. The first-order chi connectivity index (χ1) is 13.6. The Hall–Kier alpha value is -1.85. The second kappa shape index (κ2) is 10.6. The highest BCUT2D eigenvalue weighted by Gasteiger charge is 2.25. The van der Waals surface area contributed by atoms with E-state index in [-0.39, 0.29) is 17.6 Å². The Balaban J connectivity index is 1.36. The lowest BCUT2D eigenvalue weighted by molar-refractivity contribution is -0.126. The summed E-state index contributed by atoms with van der Waals surface area (Å²) in [5.74, 6) is 1.91. The van der Waals surface area contributed by atoms with Crippen molar-refractivity contribution in [2.45, 2.75) is 32.1 Å². The predicted octanol–water partition coefficient (Wildman–Crippen LogP) is 4.40. The lowest BCUT2D eigenvalue weighted by Gasteiger charge is -2.32. The summed E-state index contributed by atoms with van der Waals surface area (Å²) in [5, 5.41) is 3.11. The van der Waals surface area contributed by atoms with Crippen LogP contribution in [-0.2, 0) is 17.1 Å². The number of rotatable bonds is 8. The summed E-state index contributed by atoms with van der Waals surface area (Å²) >= 11 is 1.85. The molecule has 1 aliphatic heterocycles. The van der Waals surface area contributed by atoms with Gasteiger partial charge in [-0.15, -0.1) is 0 Å². The summed E-state index contributed by atoms with van der Waals surface area (Å²) in [6.07, 6.45) is 1.98. The minimum Gasteiger partial charge on any atom is -0.355 e. The first-order valence-corrected chi connectivity index (χ1v) is 11.1. The Morgan fingerprint density at radius 1 is 1.21 bits per heavy atom. The molecule has 1 atom stereocenters. The number of amides is 1. The summed E-state index contributed by atoms with van der Waals surface area (Å²) in [6, 6.07) is 15.2. The van der Waals surface area contributed by atoms with Gasteiger partial charge in [0.25, 0.3) is 0 Å². The monoisotopic (exact) mass is 400 g/mol. The van der Waals surface area contributed by atoms with Crippen molar-refractivity contribution in [2.75, 3.05) is 25.4 Å². The molecule has 2 aromatic carbocycles. The van der Waals surface area contributed by atoms with Crippen LogP contribution < -0.4 is 5.32 Å². The zero-order valence-corrected chi connectivity index (χ0v) is 17.3. The van der Waals surface area contributed by atoms with Crippen LogP contribution in [0.5, 0.6) is 0 Å². The Morgan fingerprint density at radius 3 is 2.82 bits per heavy atom. The van der Waals surface area contributed by atoms with E-state index < -0.39 is 0 Å². The maximum absolute atomic E-state index is 13.1. The van der Waals surface area contributed by atoms with Crippen molar-refractivity contribution in [2.24, 2.45) is 5.92 Å². The number of hydrogen-bond donors (Lipinski definition) is 1. The maximum Gasteiger partial charge on any atom is 0.224 e. The van der Waals surface area contributed by atoms with Crippen LogP contribution in [0.25, 0.3) is 0 Å². The maximum atomic E-state index is 13.1. The molecule has 1 saturated heterocycles. The van der Waals surface area contributed by atoms with Gasteiger partial charge >= 0.3 is 0 Å². The molecule has 1 aliphatic rings. The number of aryl methyl sites for hydroxylation is 1. The SMILES string of the molecule is Cc1cccc(CSCCNC(=O)[C@H]2CCCN(Cc3ccc(F)cc3)C2)c1. The quantitative estimate of drug-likeness (QED) is 0.667. The van der Waals surface area contributed by atoms with Gasteiger partial charge in [0.1, 0.15) is 5.82 Å². The zero-order chi connectivity index (χ0) is 19.8. The molecule has 3 rings (SSSR count). The number of nitrogens with zero attached hydrogens (tertiary/aromatic N) is 1. The molecule has 150 valence electrons. The highest BCUT2D eigenvalue weighted by atomic mass is 32.2. The Morgan fingerprint density at radius 2 is 2.04 bits per heavy atom. The number of likely N-dealkylation sites (tertiary alicyclic amines) is 1. The van der Waals surface area contributed by atoms with Crippen molar-refractivity contribution >= 4 is 17.7 Å².